The van der Waals surface area contributed by atoms with Crippen LogP contribution < -0.4 is 17.0 Å². The van der Waals surface area contributed by atoms with Crippen molar-refractivity contribution in [2.75, 3.05) is 26.2 Å². The van der Waals surface area contributed by atoms with Gasteiger partial charge in [-0.1, -0.05) is 18.2 Å². The quantitative estimate of drug-likeness (QED) is 0.481. The second-order valence-corrected chi connectivity index (χ2v) is 4.01. The molecule has 0 aliphatic rings. The van der Waals surface area contributed by atoms with Crippen LogP contribution in [-0.2, 0) is 0 Å². The van der Waals surface area contributed by atoms with E-state index in [-0.39, 0.29) is 17.0 Å². The number of hydrogen-bond donors (Lipinski definition) is 0. The molecule has 0 heterocycles. The van der Waals surface area contributed by atoms with Gasteiger partial charge in [0.25, 0.3) is 0 Å². The molecule has 3 heteroatoms. The molecule has 0 amide bonds. The Bertz CT molecular complexity index is 182. The zero-order valence-electron chi connectivity index (χ0n) is 9.39. The lowest BCUT2D eigenvalue weighted by molar-refractivity contribution is -0.914. The molecule has 0 spiro atoms. The van der Waals surface area contributed by atoms with Crippen LogP contribution in [0.4, 0.5) is 0 Å². The second kappa shape index (κ2) is 8.51. The number of nitrogens with zero attached hydrogens (tertiary/aromatic N) is 1. The summed E-state index contributed by atoms with van der Waals surface area (Å²) in [5.74, 6) is 0. The van der Waals surface area contributed by atoms with Gasteiger partial charge in [-0.15, -0.1) is 0 Å². The first-order valence-corrected chi connectivity index (χ1v) is 5.26. The molecule has 0 fully saturated rings. The molecule has 0 aromatic heterocycles. The zero-order valence-corrected chi connectivity index (χ0v) is 11.7. The van der Waals surface area contributed by atoms with Crippen molar-refractivity contribution in [1.29, 1.82) is 0 Å². The van der Waals surface area contributed by atoms with E-state index in [4.69, 9.17) is 11.6 Å². The van der Waals surface area contributed by atoms with Gasteiger partial charge in [-0.2, -0.15) is 0 Å². The predicted molar refractivity (Wildman–Crippen MR) is 60.9 cm³/mol. The summed E-state index contributed by atoms with van der Waals surface area (Å²) in [7, 11) is 0. The summed E-state index contributed by atoms with van der Waals surface area (Å²) >= 11 is 5.82. The van der Waals surface area contributed by atoms with E-state index in [1.165, 1.54) is 0 Å². The Balaban J connectivity index is 0. The van der Waals surface area contributed by atoms with Crippen LogP contribution in [0.3, 0.4) is 0 Å². The van der Waals surface area contributed by atoms with E-state index in [1.54, 1.807) is 0 Å². The maximum absolute atomic E-state index is 5.82. The van der Waals surface area contributed by atoms with E-state index < -0.39 is 0 Å². The Hall–Kier alpha value is 0.210. The smallest absolute Gasteiger partial charge is 0.0990 e. The molecule has 0 rings (SSSR count). The fourth-order valence-electron chi connectivity index (χ4n) is 1.41. The fourth-order valence-corrected chi connectivity index (χ4v) is 1.48. The molecule has 0 atom stereocenters. The van der Waals surface area contributed by atoms with E-state index >= 15 is 0 Å². The van der Waals surface area contributed by atoms with Crippen LogP contribution in [0.25, 0.3) is 0 Å². The minimum Gasteiger partial charge on any atom is -1.00 e. The lowest BCUT2D eigenvalue weighted by atomic mass is 10.3. The molecule has 0 bridgehead atoms. The highest BCUT2D eigenvalue weighted by atomic mass is 79.9. The lowest BCUT2D eigenvalue weighted by Crippen LogP contribution is -3.00. The third-order valence-corrected chi connectivity index (χ3v) is 2.77. The van der Waals surface area contributed by atoms with E-state index in [1.807, 2.05) is 13.0 Å². The van der Waals surface area contributed by atoms with Crippen LogP contribution in [0.1, 0.15) is 20.8 Å². The largest absolute Gasteiger partial charge is 1.00 e. The molecule has 0 aliphatic heterocycles. The summed E-state index contributed by atoms with van der Waals surface area (Å²) in [5.41, 5.74) is 0. The summed E-state index contributed by atoms with van der Waals surface area (Å²) < 4.78 is 1.05. The molecule has 14 heavy (non-hydrogen) atoms. The SMILES string of the molecule is C=CC[N+](CC)(CC)C/C=C(\C)Cl.[Br-]. The van der Waals surface area contributed by atoms with E-state index in [0.29, 0.717) is 0 Å². The van der Waals surface area contributed by atoms with Gasteiger partial charge in [0.1, 0.15) is 0 Å². The Kier molecular flexibility index (Phi) is 10.1. The van der Waals surface area contributed by atoms with Gasteiger partial charge in [0.2, 0.25) is 0 Å². The topological polar surface area (TPSA) is 0 Å². The van der Waals surface area contributed by atoms with Gasteiger partial charge in [0.15, 0.2) is 0 Å². The molecule has 0 aromatic carbocycles. The molecule has 0 saturated carbocycles. The standard InChI is InChI=1S/C11H21ClN.BrH/c1-5-9-13(6-2,7-3)10-8-11(4)12;/h5,8H,1,6-7,9-10H2,2-4H3;1H/q+1;/p-1/b11-8+;. The van der Waals surface area contributed by atoms with Crippen molar-refractivity contribution in [3.05, 3.63) is 23.8 Å². The van der Waals surface area contributed by atoms with Crippen molar-refractivity contribution in [2.45, 2.75) is 20.8 Å². The number of rotatable bonds is 6. The first-order chi connectivity index (χ1) is 6.10. The second-order valence-electron chi connectivity index (χ2n) is 3.42. The molecule has 0 aliphatic carbocycles. The van der Waals surface area contributed by atoms with E-state index in [0.717, 1.165) is 35.7 Å². The molecule has 0 unspecified atom stereocenters. The highest BCUT2D eigenvalue weighted by molar-refractivity contribution is 6.29. The molecular formula is C11H21BrClN. The Labute approximate surface area is 104 Å². The predicted octanol–water partition coefficient (Wildman–Crippen LogP) is 0.176. The van der Waals surface area contributed by atoms with E-state index in [9.17, 15) is 0 Å². The molecule has 0 N–H and O–H groups in total. The molecule has 84 valence electrons. The minimum absolute atomic E-state index is 0. The van der Waals surface area contributed by atoms with Gasteiger partial charge in [0, 0.05) is 5.03 Å². The number of halogens is 2. The van der Waals surface area contributed by atoms with Crippen LogP contribution in [0.5, 0.6) is 0 Å². The Morgan fingerprint density at radius 2 is 1.79 bits per heavy atom. The third kappa shape index (κ3) is 5.84. The van der Waals surface area contributed by atoms with Crippen molar-refractivity contribution < 1.29 is 21.5 Å². The first-order valence-electron chi connectivity index (χ1n) is 4.88. The average molecular weight is 283 g/mol. The Morgan fingerprint density at radius 3 is 2.07 bits per heavy atom. The van der Waals surface area contributed by atoms with Crippen LogP contribution in [0, 0.1) is 0 Å². The normalized spacial score (nSPS) is 12.1. The maximum atomic E-state index is 5.82. The van der Waals surface area contributed by atoms with Crippen molar-refractivity contribution in [3.8, 4) is 0 Å². The van der Waals surface area contributed by atoms with Crippen LogP contribution in [-0.4, -0.2) is 30.7 Å². The summed E-state index contributed by atoms with van der Waals surface area (Å²) in [6.07, 6.45) is 4.09. The highest BCUT2D eigenvalue weighted by Crippen LogP contribution is 2.09. The van der Waals surface area contributed by atoms with Crippen molar-refractivity contribution in [3.63, 3.8) is 0 Å². The monoisotopic (exact) mass is 281 g/mol. The highest BCUT2D eigenvalue weighted by Gasteiger charge is 2.19. The van der Waals surface area contributed by atoms with Crippen LogP contribution in [0.2, 0.25) is 0 Å². The molecule has 1 nitrogen and oxygen atoms in total. The summed E-state index contributed by atoms with van der Waals surface area (Å²) in [6.45, 7) is 14.4. The Morgan fingerprint density at radius 1 is 1.29 bits per heavy atom. The summed E-state index contributed by atoms with van der Waals surface area (Å²) in [4.78, 5) is 0. The number of hydrogen-bond acceptors (Lipinski definition) is 0. The molecule has 0 aromatic rings. The van der Waals surface area contributed by atoms with Gasteiger partial charge < -0.3 is 21.5 Å². The summed E-state index contributed by atoms with van der Waals surface area (Å²) in [5, 5.41) is 0.883. The lowest BCUT2D eigenvalue weighted by Gasteiger charge is -2.34. The van der Waals surface area contributed by atoms with Crippen molar-refractivity contribution >= 4 is 11.6 Å². The van der Waals surface area contributed by atoms with Gasteiger partial charge in [-0.3, -0.25) is 0 Å². The third-order valence-electron chi connectivity index (χ3n) is 2.62. The average Bonchev–Trinajstić information content (AvgIpc) is 2.12. The first kappa shape index (κ1) is 16.6. The molecule has 0 saturated heterocycles. The summed E-state index contributed by atoms with van der Waals surface area (Å²) in [6, 6.07) is 0. The minimum atomic E-state index is 0. The van der Waals surface area contributed by atoms with Gasteiger partial charge in [-0.25, -0.2) is 0 Å². The molecule has 0 radical (unpaired) electrons. The van der Waals surface area contributed by atoms with Crippen molar-refractivity contribution in [2.24, 2.45) is 0 Å². The van der Waals surface area contributed by atoms with Crippen molar-refractivity contribution in [1.82, 2.24) is 0 Å². The van der Waals surface area contributed by atoms with Crippen LogP contribution in [0.15, 0.2) is 23.8 Å². The van der Waals surface area contributed by atoms with Gasteiger partial charge in [0.05, 0.1) is 26.2 Å². The van der Waals surface area contributed by atoms with Gasteiger partial charge >= 0.3 is 0 Å². The van der Waals surface area contributed by atoms with E-state index in [2.05, 4.69) is 26.5 Å². The fraction of sp³-hybridized carbons (Fsp3) is 0.636. The molecular weight excluding hydrogens is 261 g/mol. The zero-order chi connectivity index (χ0) is 10.3. The van der Waals surface area contributed by atoms with Gasteiger partial charge in [-0.05, 0) is 32.9 Å². The maximum Gasteiger partial charge on any atom is 0.0990 e. The number of quaternary nitrogens is 1. The number of allylic oxidation sites excluding steroid dienone is 1. The van der Waals surface area contributed by atoms with Crippen LogP contribution >= 0.6 is 11.6 Å². The number of likely N-dealkylation sites (N-methyl/N-ethyl adjacent to an activating group) is 1.